The van der Waals surface area contributed by atoms with Crippen LogP contribution in [0.2, 0.25) is 0 Å². The van der Waals surface area contributed by atoms with E-state index >= 15 is 0 Å². The van der Waals surface area contributed by atoms with Crippen molar-refractivity contribution in [2.75, 3.05) is 35.4 Å². The number of piperazine rings is 1. The van der Waals surface area contributed by atoms with Gasteiger partial charge in [0, 0.05) is 30.3 Å². The van der Waals surface area contributed by atoms with Crippen LogP contribution >= 0.6 is 15.9 Å². The van der Waals surface area contributed by atoms with Crippen molar-refractivity contribution in [1.29, 1.82) is 0 Å². The summed E-state index contributed by atoms with van der Waals surface area (Å²) in [7, 11) is -4.38. The molecule has 1 amide bonds. The topological polar surface area (TPSA) is 94.1 Å². The Bertz CT molecular complexity index is 1140. The number of benzene rings is 1. The third-order valence-electron chi connectivity index (χ3n) is 5.23. The molecule has 3 heterocycles. The van der Waals surface area contributed by atoms with Crippen LogP contribution in [0.4, 0.5) is 29.5 Å². The van der Waals surface area contributed by atoms with Gasteiger partial charge in [0.05, 0.1) is 28.7 Å². The van der Waals surface area contributed by atoms with Crippen molar-refractivity contribution in [2.24, 2.45) is 0 Å². The van der Waals surface area contributed by atoms with Gasteiger partial charge in [-0.3, -0.25) is 4.31 Å². The minimum Gasteiger partial charge on any atom is -0.465 e. The summed E-state index contributed by atoms with van der Waals surface area (Å²) in [6, 6.07) is 4.54. The van der Waals surface area contributed by atoms with Crippen LogP contribution in [-0.2, 0) is 16.2 Å². The molecule has 13 heteroatoms. The molecule has 1 N–H and O–H groups in total. The fraction of sp³-hybridized carbons (Fsp3) is 0.333. The van der Waals surface area contributed by atoms with Gasteiger partial charge in [0.1, 0.15) is 0 Å². The van der Waals surface area contributed by atoms with E-state index in [0.29, 0.717) is 22.9 Å². The highest BCUT2D eigenvalue weighted by Crippen LogP contribution is 2.40. The predicted octanol–water partition coefficient (Wildman–Crippen LogP) is 3.24. The zero-order chi connectivity index (χ0) is 22.6. The van der Waals surface area contributed by atoms with Gasteiger partial charge in [-0.15, -0.1) is 0 Å². The molecule has 0 bridgehead atoms. The van der Waals surface area contributed by atoms with Crippen molar-refractivity contribution in [3.63, 3.8) is 0 Å². The summed E-state index contributed by atoms with van der Waals surface area (Å²) in [6.45, 7) is 0.452. The number of fused-ring (bicyclic) bond motifs is 3. The SMILES string of the molecule is O=C(O)N1CCN2c3ncc(Br)cc3N(S(=O)(=O)c3cccc(C(F)(F)F)c3)C[C@@H]2C1. The Balaban J connectivity index is 1.80. The van der Waals surface area contributed by atoms with Crippen LogP contribution in [0.1, 0.15) is 5.56 Å². The monoisotopic (exact) mass is 520 g/mol. The Morgan fingerprint density at radius 3 is 2.61 bits per heavy atom. The standard InChI is InChI=1S/C18H16BrF3N4O4S/c19-12-7-15-16(23-8-12)25-5-4-24(17(27)28)9-13(25)10-26(15)31(29,30)14-3-1-2-11(6-14)18(20,21)22/h1-3,6-8,13H,4-5,9-10H2,(H,27,28)/t13-/m0/s1. The average Bonchev–Trinajstić information content (AvgIpc) is 2.71. The lowest BCUT2D eigenvalue weighted by atomic mass is 10.1. The van der Waals surface area contributed by atoms with E-state index in [9.17, 15) is 31.5 Å². The molecule has 0 aliphatic carbocycles. The van der Waals surface area contributed by atoms with Crippen LogP contribution in [0.15, 0.2) is 45.9 Å². The molecular weight excluding hydrogens is 505 g/mol. The highest BCUT2D eigenvalue weighted by Gasteiger charge is 2.42. The Morgan fingerprint density at radius 1 is 1.19 bits per heavy atom. The maximum Gasteiger partial charge on any atom is 0.416 e. The van der Waals surface area contributed by atoms with Crippen LogP contribution in [0, 0.1) is 0 Å². The van der Waals surface area contributed by atoms with Gasteiger partial charge in [0.2, 0.25) is 0 Å². The molecule has 0 spiro atoms. The zero-order valence-corrected chi connectivity index (χ0v) is 18.2. The Hall–Kier alpha value is -2.54. The molecule has 1 fully saturated rings. The second kappa shape index (κ2) is 7.55. The lowest BCUT2D eigenvalue weighted by molar-refractivity contribution is -0.137. The molecule has 4 rings (SSSR count). The van der Waals surface area contributed by atoms with E-state index in [1.54, 1.807) is 0 Å². The summed E-state index contributed by atoms with van der Waals surface area (Å²) in [5, 5.41) is 9.32. The number of carboxylic acid groups (broad SMARTS) is 1. The number of sulfonamides is 1. The Labute approximate surface area is 184 Å². The molecular formula is C18H16BrF3N4O4S. The van der Waals surface area contributed by atoms with E-state index in [4.69, 9.17) is 0 Å². The van der Waals surface area contributed by atoms with Crippen molar-refractivity contribution in [3.05, 3.63) is 46.6 Å². The van der Waals surface area contributed by atoms with Gasteiger partial charge in [-0.05, 0) is 40.2 Å². The number of alkyl halides is 3. The lowest BCUT2D eigenvalue weighted by Gasteiger charge is -2.47. The first-order valence-electron chi connectivity index (χ1n) is 9.08. The molecule has 0 unspecified atom stereocenters. The molecule has 166 valence electrons. The number of rotatable bonds is 2. The minimum absolute atomic E-state index is 0.0428. The smallest absolute Gasteiger partial charge is 0.416 e. The van der Waals surface area contributed by atoms with Crippen LogP contribution < -0.4 is 9.21 Å². The molecule has 2 aliphatic heterocycles. The summed E-state index contributed by atoms with van der Waals surface area (Å²) >= 11 is 3.26. The first-order valence-corrected chi connectivity index (χ1v) is 11.3. The molecule has 0 radical (unpaired) electrons. The summed E-state index contributed by atoms with van der Waals surface area (Å²) in [5.74, 6) is 0.333. The summed E-state index contributed by atoms with van der Waals surface area (Å²) in [5.41, 5.74) is -0.860. The van der Waals surface area contributed by atoms with Crippen molar-refractivity contribution < 1.29 is 31.5 Å². The largest absolute Gasteiger partial charge is 0.465 e. The normalized spacial score (nSPS) is 19.1. The van der Waals surface area contributed by atoms with Gasteiger partial charge in [0.25, 0.3) is 10.0 Å². The second-order valence-electron chi connectivity index (χ2n) is 7.13. The molecule has 1 saturated heterocycles. The maximum absolute atomic E-state index is 13.4. The number of halogens is 4. The maximum atomic E-state index is 13.4. The van der Waals surface area contributed by atoms with Crippen LogP contribution in [0.25, 0.3) is 0 Å². The predicted molar refractivity (Wildman–Crippen MR) is 109 cm³/mol. The van der Waals surface area contributed by atoms with Crippen LogP contribution in [0.3, 0.4) is 0 Å². The number of anilines is 2. The Kier molecular flexibility index (Phi) is 5.28. The Morgan fingerprint density at radius 2 is 1.94 bits per heavy atom. The second-order valence-corrected chi connectivity index (χ2v) is 9.91. The number of hydrogen-bond donors (Lipinski definition) is 1. The summed E-state index contributed by atoms with van der Waals surface area (Å²) in [4.78, 5) is 18.2. The van der Waals surface area contributed by atoms with Gasteiger partial charge in [-0.2, -0.15) is 13.2 Å². The molecule has 1 aromatic carbocycles. The number of pyridine rings is 1. The van der Waals surface area contributed by atoms with Crippen molar-refractivity contribution in [1.82, 2.24) is 9.88 Å². The number of aromatic nitrogens is 1. The quantitative estimate of drug-likeness (QED) is 0.653. The summed E-state index contributed by atoms with van der Waals surface area (Å²) in [6.07, 6.45) is -4.33. The van der Waals surface area contributed by atoms with Gasteiger partial charge in [0.15, 0.2) is 5.82 Å². The first-order chi connectivity index (χ1) is 14.5. The van der Waals surface area contributed by atoms with E-state index in [1.165, 1.54) is 17.2 Å². The molecule has 1 atom stereocenters. The number of carbonyl (C=O) groups is 1. The third kappa shape index (κ3) is 3.91. The van der Waals surface area contributed by atoms with E-state index in [-0.39, 0.29) is 25.3 Å². The molecule has 8 nitrogen and oxygen atoms in total. The minimum atomic E-state index is -4.70. The number of nitrogens with zero attached hydrogens (tertiary/aromatic N) is 4. The zero-order valence-electron chi connectivity index (χ0n) is 15.8. The highest BCUT2D eigenvalue weighted by molar-refractivity contribution is 9.10. The van der Waals surface area contributed by atoms with E-state index in [0.717, 1.165) is 22.5 Å². The molecule has 31 heavy (non-hydrogen) atoms. The number of hydrogen-bond acceptors (Lipinski definition) is 5. The van der Waals surface area contributed by atoms with E-state index in [2.05, 4.69) is 20.9 Å². The molecule has 2 aliphatic rings. The van der Waals surface area contributed by atoms with Crippen LogP contribution in [0.5, 0.6) is 0 Å². The van der Waals surface area contributed by atoms with Crippen molar-refractivity contribution in [3.8, 4) is 0 Å². The van der Waals surface area contributed by atoms with Crippen molar-refractivity contribution >= 4 is 43.6 Å². The average molecular weight is 521 g/mol. The highest BCUT2D eigenvalue weighted by atomic mass is 79.9. The summed E-state index contributed by atoms with van der Waals surface area (Å²) < 4.78 is 67.7. The molecule has 1 aromatic heterocycles. The fourth-order valence-electron chi connectivity index (χ4n) is 3.77. The third-order valence-corrected chi connectivity index (χ3v) is 7.44. The van der Waals surface area contributed by atoms with Gasteiger partial charge < -0.3 is 14.9 Å². The van der Waals surface area contributed by atoms with Gasteiger partial charge in [-0.1, -0.05) is 6.07 Å². The van der Waals surface area contributed by atoms with Gasteiger partial charge in [-0.25, -0.2) is 18.2 Å². The first kappa shape index (κ1) is 21.7. The molecule has 2 aromatic rings. The lowest BCUT2D eigenvalue weighted by Crippen LogP contribution is -2.61. The van der Waals surface area contributed by atoms with E-state index in [1.807, 2.05) is 4.90 Å². The van der Waals surface area contributed by atoms with E-state index < -0.39 is 38.8 Å². The number of amides is 1. The van der Waals surface area contributed by atoms with Crippen molar-refractivity contribution in [2.45, 2.75) is 17.1 Å². The fourth-order valence-corrected chi connectivity index (χ4v) is 5.63. The molecule has 0 saturated carbocycles. The van der Waals surface area contributed by atoms with Crippen LogP contribution in [-0.4, -0.2) is 61.7 Å². The van der Waals surface area contributed by atoms with Gasteiger partial charge >= 0.3 is 12.3 Å².